The number of amides is 1. The number of nitrogens with zero attached hydrogens (tertiary/aromatic N) is 1. The van der Waals surface area contributed by atoms with E-state index in [2.05, 4.69) is 11.4 Å². The molecule has 1 N–H and O–H groups in total. The van der Waals surface area contributed by atoms with Gasteiger partial charge in [0, 0.05) is 11.6 Å². The van der Waals surface area contributed by atoms with E-state index in [0.29, 0.717) is 12.0 Å². The molecule has 0 saturated carbocycles. The first-order chi connectivity index (χ1) is 7.27. The Labute approximate surface area is 89.7 Å². The third-order valence-electron chi connectivity index (χ3n) is 2.20. The molecule has 1 aromatic carbocycles. The van der Waals surface area contributed by atoms with Gasteiger partial charge in [0.2, 0.25) is 0 Å². The van der Waals surface area contributed by atoms with Gasteiger partial charge in [0.1, 0.15) is 0 Å². The molecule has 0 aliphatic heterocycles. The highest BCUT2D eigenvalue weighted by Gasteiger charge is 2.10. The van der Waals surface area contributed by atoms with Crippen LogP contribution in [0.5, 0.6) is 0 Å². The van der Waals surface area contributed by atoms with E-state index in [-0.39, 0.29) is 11.9 Å². The Morgan fingerprint density at radius 3 is 2.67 bits per heavy atom. The lowest BCUT2D eigenvalue weighted by Crippen LogP contribution is -2.33. The second-order valence-corrected chi connectivity index (χ2v) is 3.31. The molecule has 1 unspecified atom stereocenters. The predicted octanol–water partition coefficient (Wildman–Crippen LogP) is 2.11. The number of hydrogen-bond donors (Lipinski definition) is 1. The molecule has 3 heteroatoms. The number of benzene rings is 1. The van der Waals surface area contributed by atoms with Gasteiger partial charge in [-0.1, -0.05) is 25.1 Å². The number of nitriles is 1. The van der Waals surface area contributed by atoms with Crippen LogP contribution in [0.25, 0.3) is 0 Å². The Bertz CT molecular complexity index is 354. The second kappa shape index (κ2) is 5.82. The van der Waals surface area contributed by atoms with Crippen LogP contribution >= 0.6 is 0 Å². The number of rotatable bonds is 4. The van der Waals surface area contributed by atoms with Crippen molar-refractivity contribution in [2.45, 2.75) is 25.8 Å². The Balaban J connectivity index is 2.59. The van der Waals surface area contributed by atoms with Crippen molar-refractivity contribution in [1.29, 1.82) is 5.26 Å². The van der Waals surface area contributed by atoms with Crippen LogP contribution in [0.1, 0.15) is 30.1 Å². The lowest BCUT2D eigenvalue weighted by Gasteiger charge is -2.13. The topological polar surface area (TPSA) is 52.9 Å². The monoisotopic (exact) mass is 202 g/mol. The van der Waals surface area contributed by atoms with Crippen LogP contribution in [-0.4, -0.2) is 11.9 Å². The average molecular weight is 202 g/mol. The fraction of sp³-hybridized carbons (Fsp3) is 0.333. The number of nitrogens with one attached hydrogen (secondary N) is 1. The van der Waals surface area contributed by atoms with Crippen molar-refractivity contribution in [3.05, 3.63) is 35.9 Å². The SMILES string of the molecule is CCC(CC#N)NC(=O)c1ccccc1. The van der Waals surface area contributed by atoms with Gasteiger partial charge in [-0.15, -0.1) is 0 Å². The maximum absolute atomic E-state index is 11.7. The molecular formula is C12H14N2O. The molecule has 0 aromatic heterocycles. The standard InChI is InChI=1S/C12H14N2O/c1-2-11(8-9-13)14-12(15)10-6-4-3-5-7-10/h3-7,11H,2,8H2,1H3,(H,14,15). The highest BCUT2D eigenvalue weighted by Crippen LogP contribution is 2.02. The summed E-state index contributed by atoms with van der Waals surface area (Å²) in [6, 6.07) is 11.0. The molecule has 0 heterocycles. The summed E-state index contributed by atoms with van der Waals surface area (Å²) < 4.78 is 0. The summed E-state index contributed by atoms with van der Waals surface area (Å²) in [5.41, 5.74) is 0.633. The second-order valence-electron chi connectivity index (χ2n) is 3.31. The van der Waals surface area contributed by atoms with Gasteiger partial charge >= 0.3 is 0 Å². The van der Waals surface area contributed by atoms with E-state index < -0.39 is 0 Å². The summed E-state index contributed by atoms with van der Waals surface area (Å²) in [4.78, 5) is 11.7. The zero-order valence-electron chi connectivity index (χ0n) is 8.73. The summed E-state index contributed by atoms with van der Waals surface area (Å²) in [7, 11) is 0. The first-order valence-electron chi connectivity index (χ1n) is 5.00. The minimum absolute atomic E-state index is 0.0530. The quantitative estimate of drug-likeness (QED) is 0.813. The fourth-order valence-corrected chi connectivity index (χ4v) is 1.27. The number of hydrogen-bond acceptors (Lipinski definition) is 2. The third-order valence-corrected chi connectivity index (χ3v) is 2.20. The summed E-state index contributed by atoms with van der Waals surface area (Å²) in [5.74, 6) is -0.113. The molecule has 0 radical (unpaired) electrons. The Kier molecular flexibility index (Phi) is 4.36. The van der Waals surface area contributed by atoms with Crippen LogP contribution in [0.4, 0.5) is 0 Å². The lowest BCUT2D eigenvalue weighted by molar-refractivity contribution is 0.0936. The zero-order valence-corrected chi connectivity index (χ0v) is 8.73. The van der Waals surface area contributed by atoms with Crippen LogP contribution in [-0.2, 0) is 0 Å². The zero-order chi connectivity index (χ0) is 11.1. The van der Waals surface area contributed by atoms with Gasteiger partial charge in [-0.3, -0.25) is 4.79 Å². The molecule has 0 aliphatic carbocycles. The number of carbonyl (C=O) groups is 1. The molecule has 0 saturated heterocycles. The van der Waals surface area contributed by atoms with Gasteiger partial charge < -0.3 is 5.32 Å². The van der Waals surface area contributed by atoms with Crippen LogP contribution in [0.15, 0.2) is 30.3 Å². The van der Waals surface area contributed by atoms with Gasteiger partial charge in [0.05, 0.1) is 12.5 Å². The van der Waals surface area contributed by atoms with E-state index in [0.717, 1.165) is 6.42 Å². The van der Waals surface area contributed by atoms with Crippen molar-refractivity contribution >= 4 is 5.91 Å². The summed E-state index contributed by atoms with van der Waals surface area (Å²) >= 11 is 0. The highest BCUT2D eigenvalue weighted by atomic mass is 16.1. The Morgan fingerprint density at radius 2 is 2.13 bits per heavy atom. The normalized spacial score (nSPS) is 11.5. The highest BCUT2D eigenvalue weighted by molar-refractivity contribution is 5.94. The van der Waals surface area contributed by atoms with Gasteiger partial charge in [0.25, 0.3) is 5.91 Å². The van der Waals surface area contributed by atoms with E-state index in [1.54, 1.807) is 12.1 Å². The van der Waals surface area contributed by atoms with Crippen LogP contribution in [0.3, 0.4) is 0 Å². The molecule has 1 rings (SSSR count). The largest absolute Gasteiger partial charge is 0.348 e. The fourth-order valence-electron chi connectivity index (χ4n) is 1.27. The molecule has 1 atom stereocenters. The molecule has 0 fully saturated rings. The van der Waals surface area contributed by atoms with Crippen LogP contribution in [0, 0.1) is 11.3 Å². The summed E-state index contributed by atoms with van der Waals surface area (Å²) in [6.07, 6.45) is 1.13. The van der Waals surface area contributed by atoms with Crippen LogP contribution in [0.2, 0.25) is 0 Å². The minimum atomic E-state index is -0.113. The van der Waals surface area contributed by atoms with E-state index >= 15 is 0 Å². The van der Waals surface area contributed by atoms with Gasteiger partial charge in [-0.2, -0.15) is 5.26 Å². The maximum Gasteiger partial charge on any atom is 0.251 e. The van der Waals surface area contributed by atoms with Crippen molar-refractivity contribution < 1.29 is 4.79 Å². The molecular weight excluding hydrogens is 188 g/mol. The molecule has 3 nitrogen and oxygen atoms in total. The molecule has 15 heavy (non-hydrogen) atoms. The Morgan fingerprint density at radius 1 is 1.47 bits per heavy atom. The summed E-state index contributed by atoms with van der Waals surface area (Å²) in [6.45, 7) is 1.95. The van der Waals surface area contributed by atoms with Crippen molar-refractivity contribution in [2.75, 3.05) is 0 Å². The van der Waals surface area contributed by atoms with E-state index in [1.807, 2.05) is 25.1 Å². The van der Waals surface area contributed by atoms with Crippen molar-refractivity contribution in [1.82, 2.24) is 5.32 Å². The van der Waals surface area contributed by atoms with Crippen molar-refractivity contribution in [3.8, 4) is 6.07 Å². The van der Waals surface area contributed by atoms with Crippen molar-refractivity contribution in [3.63, 3.8) is 0 Å². The first-order valence-corrected chi connectivity index (χ1v) is 5.00. The molecule has 1 amide bonds. The van der Waals surface area contributed by atoms with E-state index in [1.165, 1.54) is 0 Å². The first kappa shape index (κ1) is 11.3. The molecule has 78 valence electrons. The van der Waals surface area contributed by atoms with Gasteiger partial charge in [-0.05, 0) is 18.6 Å². The van der Waals surface area contributed by atoms with Gasteiger partial charge in [-0.25, -0.2) is 0 Å². The molecule has 0 bridgehead atoms. The minimum Gasteiger partial charge on any atom is -0.348 e. The number of carbonyl (C=O) groups excluding carboxylic acids is 1. The van der Waals surface area contributed by atoms with Crippen molar-refractivity contribution in [2.24, 2.45) is 0 Å². The summed E-state index contributed by atoms with van der Waals surface area (Å²) in [5, 5.41) is 11.4. The maximum atomic E-state index is 11.7. The lowest BCUT2D eigenvalue weighted by atomic mass is 10.1. The van der Waals surface area contributed by atoms with Crippen LogP contribution < -0.4 is 5.32 Å². The molecule has 1 aromatic rings. The molecule has 0 aliphatic rings. The Hall–Kier alpha value is -1.82. The predicted molar refractivity (Wildman–Crippen MR) is 58.2 cm³/mol. The van der Waals surface area contributed by atoms with E-state index in [4.69, 9.17) is 5.26 Å². The molecule has 0 spiro atoms. The average Bonchev–Trinajstić information content (AvgIpc) is 2.29. The smallest absolute Gasteiger partial charge is 0.251 e. The van der Waals surface area contributed by atoms with E-state index in [9.17, 15) is 4.79 Å². The van der Waals surface area contributed by atoms with Gasteiger partial charge in [0.15, 0.2) is 0 Å². The third kappa shape index (κ3) is 3.43.